The highest BCUT2D eigenvalue weighted by Crippen LogP contribution is 2.34. The molecule has 0 spiro atoms. The fourth-order valence-corrected chi connectivity index (χ4v) is 1.95. The number of ether oxygens (including phenoxy) is 3. The molecule has 6 heteroatoms. The van der Waals surface area contributed by atoms with Crippen molar-refractivity contribution >= 4 is 11.7 Å². The minimum absolute atomic E-state index is 0.209. The fraction of sp³-hybridized carbons (Fsp3) is 0.214. The number of carbonyl (C=O) groups is 1. The summed E-state index contributed by atoms with van der Waals surface area (Å²) in [6.07, 6.45) is 1.46. The van der Waals surface area contributed by atoms with Crippen LogP contribution < -0.4 is 14.8 Å². The summed E-state index contributed by atoms with van der Waals surface area (Å²) >= 11 is 0. The van der Waals surface area contributed by atoms with Gasteiger partial charge in [0.15, 0.2) is 11.5 Å². The molecule has 0 saturated heterocycles. The van der Waals surface area contributed by atoms with Gasteiger partial charge in [0.25, 0.3) is 0 Å². The summed E-state index contributed by atoms with van der Waals surface area (Å²) in [5, 5.41) is 3.19. The van der Waals surface area contributed by atoms with Gasteiger partial charge >= 0.3 is 5.97 Å². The van der Waals surface area contributed by atoms with E-state index >= 15 is 0 Å². The summed E-state index contributed by atoms with van der Waals surface area (Å²) in [7, 11) is 1.32. The Labute approximate surface area is 115 Å². The quantitative estimate of drug-likeness (QED) is 0.864. The normalized spacial score (nSPS) is 12.2. The molecule has 104 valence electrons. The lowest BCUT2D eigenvalue weighted by Gasteiger charge is -2.07. The molecule has 20 heavy (non-hydrogen) atoms. The molecule has 0 aliphatic carbocycles. The van der Waals surface area contributed by atoms with Crippen molar-refractivity contribution in [3.8, 4) is 11.5 Å². The van der Waals surface area contributed by atoms with Crippen LogP contribution in [0.25, 0.3) is 0 Å². The Kier molecular flexibility index (Phi) is 3.20. The van der Waals surface area contributed by atoms with Crippen molar-refractivity contribution in [1.82, 2.24) is 0 Å². The molecule has 1 aliphatic rings. The number of furan rings is 1. The predicted molar refractivity (Wildman–Crippen MR) is 69.9 cm³/mol. The minimum atomic E-state index is -0.488. The summed E-state index contributed by atoms with van der Waals surface area (Å²) in [6, 6.07) is 7.29. The van der Waals surface area contributed by atoms with Gasteiger partial charge in [-0.1, -0.05) is 0 Å². The highest BCUT2D eigenvalue weighted by molar-refractivity contribution is 5.87. The molecule has 1 aliphatic heterocycles. The van der Waals surface area contributed by atoms with Crippen LogP contribution in [0.5, 0.6) is 11.5 Å². The number of nitrogens with one attached hydrogen (secondary N) is 1. The van der Waals surface area contributed by atoms with Gasteiger partial charge in [-0.2, -0.15) is 0 Å². The van der Waals surface area contributed by atoms with E-state index in [1.165, 1.54) is 13.4 Å². The maximum absolute atomic E-state index is 11.5. The third-order valence-corrected chi connectivity index (χ3v) is 2.97. The lowest BCUT2D eigenvalue weighted by molar-refractivity contribution is 0.0563. The first kappa shape index (κ1) is 12.4. The lowest BCUT2D eigenvalue weighted by atomic mass is 10.2. The van der Waals surface area contributed by atoms with Gasteiger partial charge in [-0.05, 0) is 18.2 Å². The highest BCUT2D eigenvalue weighted by Gasteiger charge is 2.16. The molecule has 0 amide bonds. The Hall–Kier alpha value is -2.63. The summed E-state index contributed by atoms with van der Waals surface area (Å²) in [4.78, 5) is 11.5. The molecule has 2 aromatic rings. The summed E-state index contributed by atoms with van der Waals surface area (Å²) in [5.41, 5.74) is 1.60. The molecular formula is C14H13NO5. The van der Waals surface area contributed by atoms with Gasteiger partial charge in [-0.3, -0.25) is 0 Å². The molecule has 0 atom stereocenters. The molecule has 0 saturated carbocycles. The van der Waals surface area contributed by atoms with Crippen LogP contribution in [-0.4, -0.2) is 19.9 Å². The van der Waals surface area contributed by atoms with E-state index in [1.54, 1.807) is 6.07 Å². The van der Waals surface area contributed by atoms with Crippen LogP contribution in [-0.2, 0) is 11.3 Å². The van der Waals surface area contributed by atoms with Crippen LogP contribution in [0, 0.1) is 0 Å². The number of anilines is 1. The molecule has 3 rings (SSSR count). The van der Waals surface area contributed by atoms with Gasteiger partial charge in [0, 0.05) is 23.9 Å². The summed E-state index contributed by atoms with van der Waals surface area (Å²) in [5.74, 6) is 1.16. The number of benzene rings is 1. The lowest BCUT2D eigenvalue weighted by Crippen LogP contribution is -2.06. The number of rotatable bonds is 4. The van der Waals surface area contributed by atoms with Gasteiger partial charge < -0.3 is 23.9 Å². The zero-order valence-corrected chi connectivity index (χ0v) is 10.8. The smallest absolute Gasteiger partial charge is 0.374 e. The molecule has 0 radical (unpaired) electrons. The molecule has 0 unspecified atom stereocenters. The number of carbonyl (C=O) groups excluding carboxylic acids is 1. The minimum Gasteiger partial charge on any atom is -0.463 e. The van der Waals surface area contributed by atoms with Crippen molar-refractivity contribution < 1.29 is 23.4 Å². The third-order valence-electron chi connectivity index (χ3n) is 2.97. The van der Waals surface area contributed by atoms with Crippen molar-refractivity contribution in [2.45, 2.75) is 6.54 Å². The Bertz CT molecular complexity index is 634. The van der Waals surface area contributed by atoms with Crippen LogP contribution >= 0.6 is 0 Å². The zero-order chi connectivity index (χ0) is 13.9. The van der Waals surface area contributed by atoms with Crippen LogP contribution in [0.2, 0.25) is 0 Å². The Balaban J connectivity index is 1.71. The van der Waals surface area contributed by atoms with Gasteiger partial charge in [-0.25, -0.2) is 4.79 Å². The zero-order valence-electron chi connectivity index (χ0n) is 10.8. The van der Waals surface area contributed by atoms with Gasteiger partial charge in [0.2, 0.25) is 12.6 Å². The fourth-order valence-electron chi connectivity index (χ4n) is 1.95. The summed E-state index contributed by atoms with van der Waals surface area (Å²) < 4.78 is 20.3. The Morgan fingerprint density at radius 1 is 1.30 bits per heavy atom. The Morgan fingerprint density at radius 3 is 3.00 bits per heavy atom. The average molecular weight is 275 g/mol. The molecule has 1 aromatic carbocycles. The van der Waals surface area contributed by atoms with E-state index in [2.05, 4.69) is 10.1 Å². The molecule has 2 heterocycles. The average Bonchev–Trinajstić information content (AvgIpc) is 3.12. The first-order valence-corrected chi connectivity index (χ1v) is 6.06. The van der Waals surface area contributed by atoms with E-state index in [9.17, 15) is 4.79 Å². The van der Waals surface area contributed by atoms with E-state index in [0.717, 1.165) is 17.0 Å². The number of fused-ring (bicyclic) bond motifs is 1. The SMILES string of the molecule is COC(=O)c1occc1CNc1ccc2c(c1)OCO2. The number of hydrogen-bond acceptors (Lipinski definition) is 6. The largest absolute Gasteiger partial charge is 0.463 e. The maximum atomic E-state index is 11.5. The first-order chi connectivity index (χ1) is 9.78. The van der Waals surface area contributed by atoms with E-state index in [0.29, 0.717) is 12.3 Å². The monoisotopic (exact) mass is 275 g/mol. The van der Waals surface area contributed by atoms with Crippen molar-refractivity contribution in [3.63, 3.8) is 0 Å². The standard InChI is InChI=1S/C14H13NO5/c1-17-14(16)13-9(4-5-18-13)7-15-10-2-3-11-12(6-10)20-8-19-11/h2-6,15H,7-8H2,1H3. The predicted octanol–water partition coefficient (Wildman–Crippen LogP) is 2.41. The second kappa shape index (κ2) is 5.16. The van der Waals surface area contributed by atoms with Crippen molar-refractivity contribution in [2.75, 3.05) is 19.2 Å². The van der Waals surface area contributed by atoms with E-state index in [1.807, 2.05) is 18.2 Å². The first-order valence-electron chi connectivity index (χ1n) is 6.06. The van der Waals surface area contributed by atoms with Crippen molar-refractivity contribution in [3.05, 3.63) is 41.9 Å². The molecule has 0 bridgehead atoms. The van der Waals surface area contributed by atoms with Crippen LogP contribution in [0.4, 0.5) is 5.69 Å². The molecule has 0 fully saturated rings. The van der Waals surface area contributed by atoms with E-state index in [-0.39, 0.29) is 12.6 Å². The summed E-state index contributed by atoms with van der Waals surface area (Å²) in [6.45, 7) is 0.688. The van der Waals surface area contributed by atoms with Crippen molar-refractivity contribution in [1.29, 1.82) is 0 Å². The van der Waals surface area contributed by atoms with Crippen LogP contribution in [0.1, 0.15) is 16.1 Å². The third kappa shape index (κ3) is 2.27. The van der Waals surface area contributed by atoms with E-state index < -0.39 is 5.97 Å². The molecule has 1 aromatic heterocycles. The van der Waals surface area contributed by atoms with E-state index in [4.69, 9.17) is 13.9 Å². The van der Waals surface area contributed by atoms with Gasteiger partial charge in [0.05, 0.1) is 13.4 Å². The van der Waals surface area contributed by atoms with Gasteiger partial charge in [-0.15, -0.1) is 0 Å². The number of hydrogen-bond donors (Lipinski definition) is 1. The second-order valence-electron chi connectivity index (χ2n) is 4.19. The number of methoxy groups -OCH3 is 1. The van der Waals surface area contributed by atoms with Crippen LogP contribution in [0.3, 0.4) is 0 Å². The number of esters is 1. The van der Waals surface area contributed by atoms with Crippen molar-refractivity contribution in [2.24, 2.45) is 0 Å². The highest BCUT2D eigenvalue weighted by atomic mass is 16.7. The Morgan fingerprint density at radius 2 is 2.15 bits per heavy atom. The molecule has 6 nitrogen and oxygen atoms in total. The van der Waals surface area contributed by atoms with Crippen LogP contribution in [0.15, 0.2) is 34.9 Å². The molecule has 1 N–H and O–H groups in total. The topological polar surface area (TPSA) is 69.9 Å². The maximum Gasteiger partial charge on any atom is 0.374 e. The molecular weight excluding hydrogens is 262 g/mol. The second-order valence-corrected chi connectivity index (χ2v) is 4.19. The van der Waals surface area contributed by atoms with Gasteiger partial charge in [0.1, 0.15) is 0 Å².